The maximum atomic E-state index is 5.94. The Morgan fingerprint density at radius 1 is 1.37 bits per heavy atom. The van der Waals surface area contributed by atoms with E-state index in [0.29, 0.717) is 11.6 Å². The summed E-state index contributed by atoms with van der Waals surface area (Å²) in [5.74, 6) is 1.44. The minimum atomic E-state index is 0.594. The quantitative estimate of drug-likeness (QED) is 0.422. The molecule has 1 aromatic carbocycles. The van der Waals surface area contributed by atoms with Crippen LogP contribution in [0.15, 0.2) is 29.4 Å². The van der Waals surface area contributed by atoms with Gasteiger partial charge in [0.2, 0.25) is 0 Å². The van der Waals surface area contributed by atoms with E-state index >= 15 is 0 Å². The first-order chi connectivity index (χ1) is 13.2. The number of nitrogens with one attached hydrogen (secondary N) is 1. The second kappa shape index (κ2) is 8.02. The molecule has 0 amide bonds. The average molecular weight is 402 g/mol. The van der Waals surface area contributed by atoms with Crippen molar-refractivity contribution in [3.8, 4) is 0 Å². The molecule has 6 nitrogen and oxygen atoms in total. The molecule has 1 unspecified atom stereocenters. The van der Waals surface area contributed by atoms with Crippen molar-refractivity contribution in [1.29, 1.82) is 0 Å². The van der Waals surface area contributed by atoms with Gasteiger partial charge in [-0.2, -0.15) is 0 Å². The molecule has 8 heteroatoms. The number of aryl methyl sites for hydroxylation is 1. The third-order valence-electron chi connectivity index (χ3n) is 4.91. The first kappa shape index (κ1) is 18.5. The minimum Gasteiger partial charge on any atom is -0.398 e. The van der Waals surface area contributed by atoms with Crippen LogP contribution in [0.5, 0.6) is 0 Å². The van der Waals surface area contributed by atoms with Crippen molar-refractivity contribution in [3.63, 3.8) is 0 Å². The second-order valence-electron chi connectivity index (χ2n) is 6.67. The summed E-state index contributed by atoms with van der Waals surface area (Å²) < 4.78 is 5.64. The summed E-state index contributed by atoms with van der Waals surface area (Å²) in [5.41, 5.74) is 8.92. The van der Waals surface area contributed by atoms with Crippen LogP contribution in [-0.4, -0.2) is 23.2 Å². The molecule has 0 radical (unpaired) electrons. The second-order valence-corrected chi connectivity index (χ2v) is 8.43. The van der Waals surface area contributed by atoms with Gasteiger partial charge in [0.25, 0.3) is 0 Å². The van der Waals surface area contributed by atoms with Crippen LogP contribution in [0.3, 0.4) is 0 Å². The number of rotatable bonds is 6. The predicted octanol–water partition coefficient (Wildman–Crippen LogP) is 4.12. The summed E-state index contributed by atoms with van der Waals surface area (Å²) in [6.07, 6.45) is 4.87. The number of fused-ring (bicyclic) bond motifs is 3. The molecule has 5 N–H and O–H groups in total. The Morgan fingerprint density at radius 3 is 3.07 bits per heavy atom. The number of aromatic nitrogens is 2. The number of anilines is 3. The number of ether oxygens (including phenoxy) is 1. The van der Waals surface area contributed by atoms with Crippen molar-refractivity contribution >= 4 is 50.7 Å². The number of thiophene rings is 1. The SMILES string of the molecule is CCOCC1CCc2c(sc3ncnc(Nc4ccc(N)c(SN)c4)c23)C1. The van der Waals surface area contributed by atoms with E-state index in [9.17, 15) is 0 Å². The van der Waals surface area contributed by atoms with Crippen LogP contribution in [0, 0.1) is 5.92 Å². The topological polar surface area (TPSA) is 99.1 Å². The van der Waals surface area contributed by atoms with Gasteiger partial charge in [-0.15, -0.1) is 11.3 Å². The molecule has 0 aliphatic heterocycles. The van der Waals surface area contributed by atoms with Gasteiger partial charge in [0, 0.05) is 34.4 Å². The Balaban J connectivity index is 1.66. The van der Waals surface area contributed by atoms with E-state index in [2.05, 4.69) is 15.3 Å². The smallest absolute Gasteiger partial charge is 0.142 e. The van der Waals surface area contributed by atoms with Crippen molar-refractivity contribution in [2.24, 2.45) is 11.1 Å². The Labute approximate surface area is 166 Å². The van der Waals surface area contributed by atoms with E-state index < -0.39 is 0 Å². The summed E-state index contributed by atoms with van der Waals surface area (Å²) in [4.78, 5) is 12.3. The number of hydrogen-bond acceptors (Lipinski definition) is 8. The number of hydrogen-bond donors (Lipinski definition) is 3. The fourth-order valence-corrected chi connectivity index (χ4v) is 5.25. The summed E-state index contributed by atoms with van der Waals surface area (Å²) in [6, 6.07) is 5.75. The summed E-state index contributed by atoms with van der Waals surface area (Å²) in [7, 11) is 0. The van der Waals surface area contributed by atoms with Crippen LogP contribution in [-0.2, 0) is 17.6 Å². The first-order valence-electron chi connectivity index (χ1n) is 9.05. The molecule has 27 heavy (non-hydrogen) atoms. The monoisotopic (exact) mass is 401 g/mol. The largest absolute Gasteiger partial charge is 0.398 e. The lowest BCUT2D eigenvalue weighted by atomic mass is 9.88. The molecular formula is C19H23N5OS2. The third-order valence-corrected chi connectivity index (χ3v) is 6.68. The van der Waals surface area contributed by atoms with Gasteiger partial charge < -0.3 is 15.8 Å². The molecule has 142 valence electrons. The molecule has 0 fully saturated rings. The molecule has 1 aliphatic carbocycles. The van der Waals surface area contributed by atoms with E-state index in [1.165, 1.54) is 10.4 Å². The molecule has 0 saturated carbocycles. The van der Waals surface area contributed by atoms with Crippen LogP contribution in [0.25, 0.3) is 10.2 Å². The zero-order chi connectivity index (χ0) is 18.8. The standard InChI is InChI=1S/C19H23N5OS2/c1-2-25-9-11-3-5-13-15(7-11)26-19-17(13)18(22-10-23-19)24-12-4-6-14(20)16(8-12)27-21/h4,6,8,10-11H,2-3,5,7,9,20-21H2,1H3,(H,22,23,24). The zero-order valence-electron chi connectivity index (χ0n) is 15.2. The van der Waals surface area contributed by atoms with Crippen LogP contribution in [0.1, 0.15) is 23.8 Å². The molecule has 0 bridgehead atoms. The molecule has 1 aliphatic rings. The fraction of sp³-hybridized carbons (Fsp3) is 0.368. The lowest BCUT2D eigenvalue weighted by molar-refractivity contribution is 0.105. The Hall–Kier alpha value is -1.87. The van der Waals surface area contributed by atoms with Gasteiger partial charge in [-0.25, -0.2) is 9.97 Å². The van der Waals surface area contributed by atoms with E-state index in [4.69, 9.17) is 15.6 Å². The van der Waals surface area contributed by atoms with Gasteiger partial charge in [0.05, 0.1) is 5.39 Å². The Kier molecular flexibility index (Phi) is 5.49. The molecular weight excluding hydrogens is 378 g/mol. The lowest BCUT2D eigenvalue weighted by Crippen LogP contribution is -2.18. The van der Waals surface area contributed by atoms with Gasteiger partial charge in [-0.05, 0) is 67.8 Å². The van der Waals surface area contributed by atoms with Gasteiger partial charge in [-0.3, -0.25) is 5.14 Å². The van der Waals surface area contributed by atoms with Gasteiger partial charge in [0.15, 0.2) is 0 Å². The van der Waals surface area contributed by atoms with Crippen LogP contribution in [0.2, 0.25) is 0 Å². The Bertz CT molecular complexity index is 959. The van der Waals surface area contributed by atoms with Gasteiger partial charge >= 0.3 is 0 Å². The van der Waals surface area contributed by atoms with Crippen LogP contribution < -0.4 is 16.2 Å². The molecule has 4 rings (SSSR count). The maximum Gasteiger partial charge on any atom is 0.142 e. The van der Waals surface area contributed by atoms with Gasteiger partial charge in [0.1, 0.15) is 17.0 Å². The van der Waals surface area contributed by atoms with Crippen molar-refractivity contribution in [3.05, 3.63) is 35.0 Å². The highest BCUT2D eigenvalue weighted by Gasteiger charge is 2.25. The minimum absolute atomic E-state index is 0.594. The predicted molar refractivity (Wildman–Crippen MR) is 114 cm³/mol. The summed E-state index contributed by atoms with van der Waals surface area (Å²) in [6.45, 7) is 3.67. The van der Waals surface area contributed by atoms with Crippen molar-refractivity contribution < 1.29 is 4.74 Å². The van der Waals surface area contributed by atoms with Crippen molar-refractivity contribution in [2.45, 2.75) is 31.1 Å². The van der Waals surface area contributed by atoms with E-state index in [1.54, 1.807) is 17.7 Å². The molecule has 1 atom stereocenters. The first-order valence-corrected chi connectivity index (χ1v) is 10.8. The average Bonchev–Trinajstić information content (AvgIpc) is 3.06. The van der Waals surface area contributed by atoms with E-state index in [1.807, 2.05) is 25.1 Å². The lowest BCUT2D eigenvalue weighted by Gasteiger charge is -2.22. The molecule has 0 saturated heterocycles. The Morgan fingerprint density at radius 2 is 2.26 bits per heavy atom. The number of benzene rings is 1. The molecule has 2 aromatic heterocycles. The maximum absolute atomic E-state index is 5.94. The normalized spacial score (nSPS) is 16.4. The molecule has 0 spiro atoms. The number of nitrogens with zero attached hydrogens (tertiary/aromatic N) is 2. The van der Waals surface area contributed by atoms with Crippen molar-refractivity contribution in [1.82, 2.24) is 9.97 Å². The highest BCUT2D eigenvalue weighted by Crippen LogP contribution is 2.40. The highest BCUT2D eigenvalue weighted by molar-refractivity contribution is 7.97. The zero-order valence-corrected chi connectivity index (χ0v) is 16.8. The molecule has 3 aromatic rings. The van der Waals surface area contributed by atoms with Crippen LogP contribution in [0.4, 0.5) is 17.2 Å². The highest BCUT2D eigenvalue weighted by atomic mass is 32.2. The fourth-order valence-electron chi connectivity index (χ4n) is 3.55. The third kappa shape index (κ3) is 3.75. The molecule has 2 heterocycles. The van der Waals surface area contributed by atoms with E-state index in [0.717, 1.165) is 71.0 Å². The van der Waals surface area contributed by atoms with Crippen molar-refractivity contribution in [2.75, 3.05) is 24.3 Å². The van der Waals surface area contributed by atoms with E-state index in [-0.39, 0.29) is 0 Å². The number of nitrogens with two attached hydrogens (primary N) is 2. The summed E-state index contributed by atoms with van der Waals surface area (Å²) in [5, 5.41) is 10.3. The number of nitrogen functional groups attached to an aromatic ring is 1. The van der Waals surface area contributed by atoms with Crippen LogP contribution >= 0.6 is 23.3 Å². The summed E-state index contributed by atoms with van der Waals surface area (Å²) >= 11 is 2.93. The van der Waals surface area contributed by atoms with Gasteiger partial charge in [-0.1, -0.05) is 0 Å².